The molecule has 0 unspecified atom stereocenters. The summed E-state index contributed by atoms with van der Waals surface area (Å²) in [6.45, 7) is 7.94. The fourth-order valence-electron chi connectivity index (χ4n) is 2.28. The minimum absolute atomic E-state index is 0.215. The van der Waals surface area contributed by atoms with Gasteiger partial charge in [0.15, 0.2) is 5.82 Å². The van der Waals surface area contributed by atoms with E-state index in [9.17, 15) is 4.79 Å². The molecule has 0 radical (unpaired) electrons. The molecule has 1 aromatic rings. The average molecular weight is 296 g/mol. The summed E-state index contributed by atoms with van der Waals surface area (Å²) in [5.41, 5.74) is -0.434. The number of hydrogen-bond acceptors (Lipinski definition) is 6. The van der Waals surface area contributed by atoms with E-state index in [1.165, 1.54) is 6.39 Å². The van der Waals surface area contributed by atoms with Crippen LogP contribution in [0.4, 0.5) is 4.79 Å². The molecule has 2 rings (SSSR count). The molecule has 0 aromatic carbocycles. The third kappa shape index (κ3) is 5.34. The van der Waals surface area contributed by atoms with Crippen LogP contribution in [-0.4, -0.2) is 52.4 Å². The van der Waals surface area contributed by atoms with Gasteiger partial charge in [-0.15, -0.1) is 0 Å². The lowest BCUT2D eigenvalue weighted by Crippen LogP contribution is -2.46. The zero-order chi connectivity index (χ0) is 15.3. The van der Waals surface area contributed by atoms with Crippen LogP contribution in [0, 0.1) is 0 Å². The highest BCUT2D eigenvalue weighted by molar-refractivity contribution is 5.68. The smallest absolute Gasteiger partial charge is 0.410 e. The predicted molar refractivity (Wildman–Crippen MR) is 76.8 cm³/mol. The number of amides is 1. The molecule has 1 aliphatic heterocycles. The van der Waals surface area contributed by atoms with Crippen molar-refractivity contribution in [1.82, 2.24) is 20.4 Å². The van der Waals surface area contributed by atoms with Gasteiger partial charge in [0.2, 0.25) is 6.39 Å². The van der Waals surface area contributed by atoms with E-state index in [0.717, 1.165) is 38.9 Å². The van der Waals surface area contributed by atoms with Crippen LogP contribution in [0.3, 0.4) is 0 Å². The van der Waals surface area contributed by atoms with Crippen LogP contribution >= 0.6 is 0 Å². The normalized spacial score (nSPS) is 17.0. The first-order chi connectivity index (χ1) is 9.94. The molecule has 0 spiro atoms. The summed E-state index contributed by atoms with van der Waals surface area (Å²) in [7, 11) is 0. The number of piperidine rings is 1. The molecule has 1 N–H and O–H groups in total. The Balaban J connectivity index is 1.65. The largest absolute Gasteiger partial charge is 0.444 e. The van der Waals surface area contributed by atoms with Crippen LogP contribution in [0.5, 0.6) is 0 Å². The second-order valence-electron chi connectivity index (χ2n) is 6.29. The quantitative estimate of drug-likeness (QED) is 0.909. The fourth-order valence-corrected chi connectivity index (χ4v) is 2.28. The van der Waals surface area contributed by atoms with Crippen molar-refractivity contribution in [2.75, 3.05) is 19.6 Å². The first-order valence-corrected chi connectivity index (χ1v) is 7.40. The van der Waals surface area contributed by atoms with Crippen molar-refractivity contribution in [2.24, 2.45) is 0 Å². The van der Waals surface area contributed by atoms with Gasteiger partial charge in [0.05, 0.1) is 0 Å². The molecule has 7 heteroatoms. The lowest BCUT2D eigenvalue weighted by atomic mass is 10.1. The van der Waals surface area contributed by atoms with Gasteiger partial charge in [-0.05, 0) is 33.6 Å². The standard InChI is InChI=1S/C14H24N4O3/c1-14(2,3)21-13(19)18-8-5-11(6-9-18)15-7-4-12-16-10-20-17-12/h10-11,15H,4-9H2,1-3H3. The van der Waals surface area contributed by atoms with Gasteiger partial charge in [-0.1, -0.05) is 5.16 Å². The molecule has 1 aliphatic rings. The molecule has 7 nitrogen and oxygen atoms in total. The Morgan fingerprint density at radius 2 is 2.19 bits per heavy atom. The molecule has 0 atom stereocenters. The van der Waals surface area contributed by atoms with E-state index in [-0.39, 0.29) is 6.09 Å². The summed E-state index contributed by atoms with van der Waals surface area (Å²) >= 11 is 0. The monoisotopic (exact) mass is 296 g/mol. The zero-order valence-electron chi connectivity index (χ0n) is 13.0. The SMILES string of the molecule is CC(C)(C)OC(=O)N1CCC(NCCc2ncon2)CC1. The lowest BCUT2D eigenvalue weighted by molar-refractivity contribution is 0.0198. The second-order valence-corrected chi connectivity index (χ2v) is 6.29. The molecule has 0 saturated carbocycles. The number of nitrogens with one attached hydrogen (secondary N) is 1. The topological polar surface area (TPSA) is 80.5 Å². The van der Waals surface area contributed by atoms with Gasteiger partial charge in [-0.2, -0.15) is 4.98 Å². The molecule has 118 valence electrons. The minimum Gasteiger partial charge on any atom is -0.444 e. The van der Waals surface area contributed by atoms with Gasteiger partial charge in [-0.25, -0.2) is 4.79 Å². The molecule has 1 amide bonds. The fraction of sp³-hybridized carbons (Fsp3) is 0.786. The van der Waals surface area contributed by atoms with E-state index in [1.54, 1.807) is 4.90 Å². The predicted octanol–water partition coefficient (Wildman–Crippen LogP) is 1.60. The first-order valence-electron chi connectivity index (χ1n) is 7.40. The van der Waals surface area contributed by atoms with Crippen LogP contribution in [-0.2, 0) is 11.2 Å². The van der Waals surface area contributed by atoms with E-state index in [0.29, 0.717) is 11.9 Å². The molecule has 1 fully saturated rings. The second kappa shape index (κ2) is 6.89. The van der Waals surface area contributed by atoms with Crippen molar-refractivity contribution < 1.29 is 14.1 Å². The van der Waals surface area contributed by atoms with Crippen molar-refractivity contribution in [3.63, 3.8) is 0 Å². The van der Waals surface area contributed by atoms with Gasteiger partial charge in [0.1, 0.15) is 5.60 Å². The lowest BCUT2D eigenvalue weighted by Gasteiger charge is -2.33. The maximum absolute atomic E-state index is 11.9. The van der Waals surface area contributed by atoms with Crippen LogP contribution in [0.2, 0.25) is 0 Å². The van der Waals surface area contributed by atoms with Gasteiger partial charge in [-0.3, -0.25) is 0 Å². The van der Waals surface area contributed by atoms with Crippen LogP contribution in [0.15, 0.2) is 10.9 Å². The van der Waals surface area contributed by atoms with Gasteiger partial charge in [0.25, 0.3) is 0 Å². The average Bonchev–Trinajstić information content (AvgIpc) is 2.91. The molecular weight excluding hydrogens is 272 g/mol. The third-order valence-corrected chi connectivity index (χ3v) is 3.34. The molecule has 0 aliphatic carbocycles. The highest BCUT2D eigenvalue weighted by Crippen LogP contribution is 2.15. The summed E-state index contributed by atoms with van der Waals surface area (Å²) < 4.78 is 10.1. The van der Waals surface area contributed by atoms with Crippen molar-refractivity contribution in [1.29, 1.82) is 0 Å². The van der Waals surface area contributed by atoms with E-state index in [1.807, 2.05) is 20.8 Å². The Bertz CT molecular complexity index is 434. The summed E-state index contributed by atoms with van der Waals surface area (Å²) in [5.74, 6) is 0.716. The molecular formula is C14H24N4O3. The van der Waals surface area contributed by atoms with E-state index in [4.69, 9.17) is 9.26 Å². The van der Waals surface area contributed by atoms with E-state index in [2.05, 4.69) is 15.5 Å². The Hall–Kier alpha value is -1.63. The number of aromatic nitrogens is 2. The van der Waals surface area contributed by atoms with Crippen LogP contribution < -0.4 is 5.32 Å². The van der Waals surface area contributed by atoms with E-state index < -0.39 is 5.60 Å². The van der Waals surface area contributed by atoms with Crippen molar-refractivity contribution in [3.05, 3.63) is 12.2 Å². The van der Waals surface area contributed by atoms with Crippen molar-refractivity contribution >= 4 is 6.09 Å². The maximum atomic E-state index is 11.9. The van der Waals surface area contributed by atoms with Gasteiger partial charge >= 0.3 is 6.09 Å². The molecule has 21 heavy (non-hydrogen) atoms. The number of nitrogens with zero attached hydrogens (tertiary/aromatic N) is 3. The van der Waals surface area contributed by atoms with Crippen molar-refractivity contribution in [3.8, 4) is 0 Å². The Morgan fingerprint density at radius 3 is 2.76 bits per heavy atom. The highest BCUT2D eigenvalue weighted by Gasteiger charge is 2.26. The number of carbonyl (C=O) groups excluding carboxylic acids is 1. The van der Waals surface area contributed by atoms with Crippen LogP contribution in [0.25, 0.3) is 0 Å². The first kappa shape index (κ1) is 15.8. The maximum Gasteiger partial charge on any atom is 0.410 e. The number of likely N-dealkylation sites (tertiary alicyclic amines) is 1. The summed E-state index contributed by atoms with van der Waals surface area (Å²) in [6, 6.07) is 0.426. The van der Waals surface area contributed by atoms with Gasteiger partial charge in [0, 0.05) is 32.1 Å². The summed E-state index contributed by atoms with van der Waals surface area (Å²) in [5, 5.41) is 7.24. The molecule has 1 aromatic heterocycles. The van der Waals surface area contributed by atoms with Crippen molar-refractivity contribution in [2.45, 2.75) is 51.7 Å². The zero-order valence-corrected chi connectivity index (χ0v) is 13.0. The third-order valence-electron chi connectivity index (χ3n) is 3.34. The number of ether oxygens (including phenoxy) is 1. The molecule has 0 bridgehead atoms. The minimum atomic E-state index is -0.434. The number of rotatable bonds is 4. The Morgan fingerprint density at radius 1 is 1.48 bits per heavy atom. The van der Waals surface area contributed by atoms with Gasteiger partial charge < -0.3 is 19.5 Å². The number of hydrogen-bond donors (Lipinski definition) is 1. The summed E-state index contributed by atoms with van der Waals surface area (Å²) in [6.07, 6.45) is 3.75. The Labute approximate surface area is 125 Å². The molecule has 1 saturated heterocycles. The highest BCUT2D eigenvalue weighted by atomic mass is 16.6. The summed E-state index contributed by atoms with van der Waals surface area (Å²) in [4.78, 5) is 17.7. The molecule has 2 heterocycles. The number of carbonyl (C=O) groups is 1. The Kier molecular flexibility index (Phi) is 5.17. The van der Waals surface area contributed by atoms with E-state index >= 15 is 0 Å². The van der Waals surface area contributed by atoms with Crippen LogP contribution in [0.1, 0.15) is 39.4 Å².